The van der Waals surface area contributed by atoms with Crippen molar-refractivity contribution in [2.24, 2.45) is 5.92 Å². The lowest BCUT2D eigenvalue weighted by molar-refractivity contribution is -0.125. The number of nitrogens with one attached hydrogen (secondary N) is 3. The van der Waals surface area contributed by atoms with Crippen LogP contribution in [0, 0.1) is 5.92 Å². The van der Waals surface area contributed by atoms with Crippen molar-refractivity contribution in [1.29, 1.82) is 0 Å². The quantitative estimate of drug-likeness (QED) is 0.716. The van der Waals surface area contributed by atoms with Crippen molar-refractivity contribution in [1.82, 2.24) is 16.2 Å². The van der Waals surface area contributed by atoms with Gasteiger partial charge in [-0.25, -0.2) is 5.43 Å². The molecule has 1 aliphatic heterocycles. The van der Waals surface area contributed by atoms with Crippen molar-refractivity contribution >= 4 is 5.91 Å². The third kappa shape index (κ3) is 4.62. The second-order valence-electron chi connectivity index (χ2n) is 6.82. The number of hydrogen-bond acceptors (Lipinski definition) is 4. The van der Waals surface area contributed by atoms with Crippen molar-refractivity contribution < 1.29 is 9.53 Å². The maximum atomic E-state index is 12.8. The molecule has 5 heteroatoms. The van der Waals surface area contributed by atoms with E-state index in [-0.39, 0.29) is 23.9 Å². The van der Waals surface area contributed by atoms with Crippen LogP contribution in [0.2, 0.25) is 0 Å². The summed E-state index contributed by atoms with van der Waals surface area (Å²) in [5, 5.41) is 3.17. The lowest BCUT2D eigenvalue weighted by Crippen LogP contribution is -2.40. The van der Waals surface area contributed by atoms with E-state index in [9.17, 15) is 4.79 Å². The number of benzene rings is 2. The monoisotopic (exact) mass is 353 g/mol. The van der Waals surface area contributed by atoms with E-state index in [0.29, 0.717) is 6.54 Å². The molecule has 3 unspecified atom stereocenters. The minimum absolute atomic E-state index is 0.0635. The van der Waals surface area contributed by atoms with Gasteiger partial charge in [-0.05, 0) is 43.0 Å². The predicted octanol–water partition coefficient (Wildman–Crippen LogP) is 2.60. The maximum absolute atomic E-state index is 12.8. The number of amides is 1. The van der Waals surface area contributed by atoms with Gasteiger partial charge in [0.1, 0.15) is 5.75 Å². The van der Waals surface area contributed by atoms with Crippen LogP contribution in [0.15, 0.2) is 54.6 Å². The summed E-state index contributed by atoms with van der Waals surface area (Å²) >= 11 is 0. The highest BCUT2D eigenvalue weighted by Gasteiger charge is 2.34. The van der Waals surface area contributed by atoms with E-state index in [0.717, 1.165) is 24.2 Å². The van der Waals surface area contributed by atoms with Crippen LogP contribution in [0.25, 0.3) is 0 Å². The highest BCUT2D eigenvalue weighted by Crippen LogP contribution is 2.27. The molecule has 0 aliphatic carbocycles. The van der Waals surface area contributed by atoms with Crippen molar-refractivity contribution in [2.45, 2.75) is 31.8 Å². The molecule has 138 valence electrons. The van der Waals surface area contributed by atoms with Crippen LogP contribution in [0.5, 0.6) is 5.75 Å². The Hall–Kier alpha value is -2.37. The molecule has 0 bridgehead atoms. The van der Waals surface area contributed by atoms with Crippen LogP contribution in [-0.4, -0.2) is 25.6 Å². The normalized spacial score (nSPS) is 20.5. The Bertz CT molecular complexity index is 720. The molecule has 1 fully saturated rings. The van der Waals surface area contributed by atoms with Gasteiger partial charge in [0, 0.05) is 12.6 Å². The molecule has 3 rings (SSSR count). The molecule has 3 atom stereocenters. The third-order valence-corrected chi connectivity index (χ3v) is 4.87. The van der Waals surface area contributed by atoms with E-state index in [4.69, 9.17) is 4.74 Å². The van der Waals surface area contributed by atoms with Crippen LogP contribution >= 0.6 is 0 Å². The zero-order valence-corrected chi connectivity index (χ0v) is 15.4. The standard InChI is InChI=1S/C21H27N3O2/c1-15(11-12-16-7-4-3-5-8-16)23-21(25)19-14-22-24-20(19)17-9-6-10-18(13-17)26-2/h3-10,13,15,19-20,22,24H,11-12,14H2,1-2H3,(H,23,25). The average molecular weight is 353 g/mol. The first-order chi connectivity index (χ1) is 12.7. The predicted molar refractivity (Wildman–Crippen MR) is 103 cm³/mol. The topological polar surface area (TPSA) is 62.4 Å². The minimum Gasteiger partial charge on any atom is -0.497 e. The summed E-state index contributed by atoms with van der Waals surface area (Å²) in [6, 6.07) is 18.3. The van der Waals surface area contributed by atoms with Gasteiger partial charge in [-0.15, -0.1) is 0 Å². The van der Waals surface area contributed by atoms with Gasteiger partial charge < -0.3 is 10.1 Å². The molecule has 5 nitrogen and oxygen atoms in total. The van der Waals surface area contributed by atoms with E-state index >= 15 is 0 Å². The average Bonchev–Trinajstić information content (AvgIpc) is 3.17. The lowest BCUT2D eigenvalue weighted by Gasteiger charge is -2.21. The number of carbonyl (C=O) groups excluding carboxylic acids is 1. The fourth-order valence-corrected chi connectivity index (χ4v) is 3.34. The molecule has 3 N–H and O–H groups in total. The van der Waals surface area contributed by atoms with E-state index in [2.05, 4.69) is 35.2 Å². The molecule has 26 heavy (non-hydrogen) atoms. The highest BCUT2D eigenvalue weighted by molar-refractivity contribution is 5.80. The summed E-state index contributed by atoms with van der Waals surface area (Å²) in [5.41, 5.74) is 8.68. The van der Waals surface area contributed by atoms with E-state index in [1.54, 1.807) is 7.11 Å². The molecule has 0 aromatic heterocycles. The molecular formula is C21H27N3O2. The Morgan fingerprint density at radius 1 is 1.23 bits per heavy atom. The third-order valence-electron chi connectivity index (χ3n) is 4.87. The van der Waals surface area contributed by atoms with Crippen LogP contribution in [0.1, 0.15) is 30.5 Å². The number of carbonyl (C=O) groups is 1. The zero-order chi connectivity index (χ0) is 18.4. The fourth-order valence-electron chi connectivity index (χ4n) is 3.34. The Balaban J connectivity index is 1.57. The van der Waals surface area contributed by atoms with E-state index in [1.165, 1.54) is 5.56 Å². The van der Waals surface area contributed by atoms with Gasteiger partial charge in [0.25, 0.3) is 0 Å². The second-order valence-corrected chi connectivity index (χ2v) is 6.82. The van der Waals surface area contributed by atoms with Crippen molar-refractivity contribution in [3.8, 4) is 5.75 Å². The van der Waals surface area contributed by atoms with Crippen LogP contribution < -0.4 is 20.9 Å². The highest BCUT2D eigenvalue weighted by atomic mass is 16.5. The minimum atomic E-state index is -0.152. The van der Waals surface area contributed by atoms with Crippen LogP contribution in [0.3, 0.4) is 0 Å². The molecule has 1 amide bonds. The lowest BCUT2D eigenvalue weighted by atomic mass is 9.93. The van der Waals surface area contributed by atoms with Gasteiger partial charge in [0.2, 0.25) is 5.91 Å². The smallest absolute Gasteiger partial charge is 0.226 e. The Morgan fingerprint density at radius 3 is 2.81 bits per heavy atom. The first kappa shape index (κ1) is 18.4. The summed E-state index contributed by atoms with van der Waals surface area (Å²) in [5.74, 6) is 0.726. The van der Waals surface area contributed by atoms with E-state index in [1.807, 2.05) is 42.5 Å². The first-order valence-electron chi connectivity index (χ1n) is 9.14. The number of aryl methyl sites for hydroxylation is 1. The zero-order valence-electron chi connectivity index (χ0n) is 15.4. The van der Waals surface area contributed by atoms with Gasteiger partial charge in [0.15, 0.2) is 0 Å². The first-order valence-corrected chi connectivity index (χ1v) is 9.14. The fraction of sp³-hybridized carbons (Fsp3) is 0.381. The number of methoxy groups -OCH3 is 1. The Kier molecular flexibility index (Phi) is 6.26. The van der Waals surface area contributed by atoms with Gasteiger partial charge in [-0.3, -0.25) is 10.2 Å². The molecule has 1 saturated heterocycles. The Morgan fingerprint density at radius 2 is 2.04 bits per heavy atom. The summed E-state index contributed by atoms with van der Waals surface area (Å²) in [6.07, 6.45) is 1.88. The van der Waals surface area contributed by atoms with Crippen molar-refractivity contribution in [3.05, 3.63) is 65.7 Å². The molecule has 2 aromatic carbocycles. The van der Waals surface area contributed by atoms with Crippen molar-refractivity contribution in [3.63, 3.8) is 0 Å². The van der Waals surface area contributed by atoms with Gasteiger partial charge in [0.05, 0.1) is 19.1 Å². The second kappa shape index (κ2) is 8.83. The molecule has 0 radical (unpaired) electrons. The molecular weight excluding hydrogens is 326 g/mol. The summed E-state index contributed by atoms with van der Waals surface area (Å²) in [4.78, 5) is 12.8. The number of hydrogen-bond donors (Lipinski definition) is 3. The molecule has 0 spiro atoms. The number of ether oxygens (including phenoxy) is 1. The molecule has 2 aromatic rings. The van der Waals surface area contributed by atoms with Crippen LogP contribution in [-0.2, 0) is 11.2 Å². The molecule has 0 saturated carbocycles. The SMILES string of the molecule is COc1cccc(C2NNCC2C(=O)NC(C)CCc2ccccc2)c1. The molecule has 1 aliphatic rings. The number of rotatable bonds is 7. The van der Waals surface area contributed by atoms with Gasteiger partial charge >= 0.3 is 0 Å². The number of hydrazine groups is 1. The largest absolute Gasteiger partial charge is 0.497 e. The molecule has 1 heterocycles. The van der Waals surface area contributed by atoms with Crippen molar-refractivity contribution in [2.75, 3.05) is 13.7 Å². The Labute approximate surface area is 155 Å². The van der Waals surface area contributed by atoms with Crippen LogP contribution in [0.4, 0.5) is 0 Å². The maximum Gasteiger partial charge on any atom is 0.226 e. The van der Waals surface area contributed by atoms with Gasteiger partial charge in [-0.1, -0.05) is 42.5 Å². The summed E-state index contributed by atoms with van der Waals surface area (Å²) < 4.78 is 5.30. The summed E-state index contributed by atoms with van der Waals surface area (Å²) in [6.45, 7) is 2.68. The summed E-state index contributed by atoms with van der Waals surface area (Å²) in [7, 11) is 1.65. The van der Waals surface area contributed by atoms with E-state index < -0.39 is 0 Å². The van der Waals surface area contributed by atoms with Gasteiger partial charge in [-0.2, -0.15) is 0 Å².